The Hall–Kier alpha value is -1.46. The van der Waals surface area contributed by atoms with Crippen molar-refractivity contribution in [3.63, 3.8) is 0 Å². The fraction of sp³-hybridized carbons (Fsp3) is 0.571. The second-order valence-corrected chi connectivity index (χ2v) is 4.98. The lowest BCUT2D eigenvalue weighted by Crippen LogP contribution is -2.43. The molecule has 0 radical (unpaired) electrons. The number of aliphatic hydroxyl groups is 1. The van der Waals surface area contributed by atoms with E-state index in [4.69, 9.17) is 9.47 Å². The van der Waals surface area contributed by atoms with Crippen LogP contribution in [0.25, 0.3) is 0 Å². The van der Waals surface area contributed by atoms with Crippen LogP contribution < -0.4 is 19.7 Å². The van der Waals surface area contributed by atoms with Crippen molar-refractivity contribution in [2.24, 2.45) is 0 Å². The van der Waals surface area contributed by atoms with Gasteiger partial charge in [-0.3, -0.25) is 0 Å². The average molecular weight is 264 g/mol. The molecule has 2 N–H and O–H groups in total. The first kappa shape index (κ1) is 12.6. The third kappa shape index (κ3) is 2.48. The molecule has 0 aliphatic carbocycles. The van der Waals surface area contributed by atoms with Gasteiger partial charge in [-0.15, -0.1) is 0 Å². The standard InChI is InChI=1S/C14H20N2O3/c1-10(17)11-8-12(16-4-2-15-3-5-16)14-13(9-11)18-6-7-19-14/h8-10,15,17H,2-7H2,1H3. The summed E-state index contributed by atoms with van der Waals surface area (Å²) in [6.45, 7) is 6.74. The quantitative estimate of drug-likeness (QED) is 0.832. The van der Waals surface area contributed by atoms with Gasteiger partial charge in [-0.25, -0.2) is 0 Å². The van der Waals surface area contributed by atoms with Gasteiger partial charge >= 0.3 is 0 Å². The highest BCUT2D eigenvalue weighted by Gasteiger charge is 2.23. The first-order valence-electron chi connectivity index (χ1n) is 6.83. The summed E-state index contributed by atoms with van der Waals surface area (Å²) in [5.74, 6) is 1.57. The minimum Gasteiger partial charge on any atom is -0.486 e. The van der Waals surface area contributed by atoms with Crippen LogP contribution in [0.1, 0.15) is 18.6 Å². The molecule has 2 aliphatic rings. The third-order valence-electron chi connectivity index (χ3n) is 3.58. The number of hydrogen-bond donors (Lipinski definition) is 2. The summed E-state index contributed by atoms with van der Waals surface area (Å²) in [7, 11) is 0. The lowest BCUT2D eigenvalue weighted by atomic mass is 10.1. The number of nitrogens with one attached hydrogen (secondary N) is 1. The Kier molecular flexibility index (Phi) is 3.48. The van der Waals surface area contributed by atoms with E-state index in [1.54, 1.807) is 6.92 Å². The van der Waals surface area contributed by atoms with E-state index in [2.05, 4.69) is 10.2 Å². The van der Waals surface area contributed by atoms with Crippen LogP contribution >= 0.6 is 0 Å². The van der Waals surface area contributed by atoms with Gasteiger partial charge in [0, 0.05) is 26.2 Å². The molecule has 2 heterocycles. The number of fused-ring (bicyclic) bond motifs is 1. The van der Waals surface area contributed by atoms with E-state index in [1.807, 2.05) is 12.1 Å². The van der Waals surface area contributed by atoms with Gasteiger partial charge in [-0.2, -0.15) is 0 Å². The summed E-state index contributed by atoms with van der Waals surface area (Å²) in [6, 6.07) is 3.90. The van der Waals surface area contributed by atoms with Crippen molar-refractivity contribution in [3.8, 4) is 11.5 Å². The first-order valence-corrected chi connectivity index (χ1v) is 6.83. The van der Waals surface area contributed by atoms with Crippen molar-refractivity contribution in [1.29, 1.82) is 0 Å². The molecular formula is C14H20N2O3. The molecule has 1 unspecified atom stereocenters. The maximum atomic E-state index is 9.82. The molecule has 19 heavy (non-hydrogen) atoms. The number of aliphatic hydroxyl groups excluding tert-OH is 1. The van der Waals surface area contributed by atoms with Crippen LogP contribution in [0.3, 0.4) is 0 Å². The normalized spacial score (nSPS) is 20.2. The molecule has 104 valence electrons. The molecule has 1 saturated heterocycles. The van der Waals surface area contributed by atoms with Crippen LogP contribution in [-0.4, -0.2) is 44.5 Å². The molecule has 1 fully saturated rings. The highest BCUT2D eigenvalue weighted by molar-refractivity contribution is 5.67. The molecule has 5 nitrogen and oxygen atoms in total. The molecular weight excluding hydrogens is 244 g/mol. The smallest absolute Gasteiger partial charge is 0.184 e. The zero-order valence-electron chi connectivity index (χ0n) is 11.2. The second kappa shape index (κ2) is 5.27. The van der Waals surface area contributed by atoms with Gasteiger partial charge in [0.1, 0.15) is 13.2 Å². The highest BCUT2D eigenvalue weighted by Crippen LogP contribution is 2.42. The monoisotopic (exact) mass is 264 g/mol. The Morgan fingerprint density at radius 1 is 1.21 bits per heavy atom. The summed E-state index contributed by atoms with van der Waals surface area (Å²) < 4.78 is 11.4. The van der Waals surface area contributed by atoms with Gasteiger partial charge in [-0.05, 0) is 24.6 Å². The van der Waals surface area contributed by atoms with E-state index < -0.39 is 6.10 Å². The predicted octanol–water partition coefficient (Wildman–Crippen LogP) is 0.921. The van der Waals surface area contributed by atoms with Gasteiger partial charge in [0.2, 0.25) is 0 Å². The van der Waals surface area contributed by atoms with Gasteiger partial charge in [0.05, 0.1) is 11.8 Å². The Morgan fingerprint density at radius 2 is 1.95 bits per heavy atom. The molecule has 0 amide bonds. The Labute approximate surface area is 113 Å². The summed E-state index contributed by atoms with van der Waals surface area (Å²) in [4.78, 5) is 2.29. The molecule has 3 rings (SSSR count). The lowest BCUT2D eigenvalue weighted by molar-refractivity contribution is 0.168. The maximum Gasteiger partial charge on any atom is 0.184 e. The maximum absolute atomic E-state index is 9.82. The number of ether oxygens (including phenoxy) is 2. The number of nitrogens with zero attached hydrogens (tertiary/aromatic N) is 1. The van der Waals surface area contributed by atoms with Crippen molar-refractivity contribution < 1.29 is 14.6 Å². The number of piperazine rings is 1. The first-order chi connectivity index (χ1) is 9.25. The minimum atomic E-state index is -0.502. The van der Waals surface area contributed by atoms with Crippen LogP contribution in [0.4, 0.5) is 5.69 Å². The topological polar surface area (TPSA) is 54.0 Å². The van der Waals surface area contributed by atoms with Crippen LogP contribution in [-0.2, 0) is 0 Å². The molecule has 0 saturated carbocycles. The fourth-order valence-electron chi connectivity index (χ4n) is 2.54. The Bertz CT molecular complexity index is 456. The van der Waals surface area contributed by atoms with E-state index in [-0.39, 0.29) is 0 Å². The van der Waals surface area contributed by atoms with Crippen molar-refractivity contribution in [2.75, 3.05) is 44.3 Å². The summed E-state index contributed by atoms with van der Waals surface area (Å²) in [5.41, 5.74) is 1.91. The molecule has 2 aliphatic heterocycles. The van der Waals surface area contributed by atoms with E-state index in [0.29, 0.717) is 13.2 Å². The number of hydrogen-bond acceptors (Lipinski definition) is 5. The molecule has 1 aromatic rings. The van der Waals surface area contributed by atoms with Crippen LogP contribution in [0.2, 0.25) is 0 Å². The van der Waals surface area contributed by atoms with Gasteiger partial charge in [-0.1, -0.05) is 0 Å². The Balaban J connectivity index is 2.01. The summed E-state index contributed by atoms with van der Waals surface area (Å²) in [6.07, 6.45) is -0.502. The molecule has 0 spiro atoms. The van der Waals surface area contributed by atoms with Crippen LogP contribution in [0, 0.1) is 0 Å². The molecule has 5 heteroatoms. The predicted molar refractivity (Wildman–Crippen MR) is 73.1 cm³/mol. The van der Waals surface area contributed by atoms with Crippen molar-refractivity contribution in [3.05, 3.63) is 17.7 Å². The molecule has 0 bridgehead atoms. The van der Waals surface area contributed by atoms with Gasteiger partial charge in [0.15, 0.2) is 11.5 Å². The van der Waals surface area contributed by atoms with Crippen LogP contribution in [0.5, 0.6) is 11.5 Å². The average Bonchev–Trinajstić information content (AvgIpc) is 2.47. The van der Waals surface area contributed by atoms with E-state index in [0.717, 1.165) is 48.9 Å². The summed E-state index contributed by atoms with van der Waals surface area (Å²) in [5, 5.41) is 13.2. The van der Waals surface area contributed by atoms with E-state index in [9.17, 15) is 5.11 Å². The number of rotatable bonds is 2. The molecule has 1 aromatic carbocycles. The van der Waals surface area contributed by atoms with Gasteiger partial charge < -0.3 is 24.8 Å². The summed E-state index contributed by atoms with van der Waals surface area (Å²) >= 11 is 0. The van der Waals surface area contributed by atoms with E-state index in [1.165, 1.54) is 0 Å². The zero-order valence-corrected chi connectivity index (χ0v) is 11.2. The largest absolute Gasteiger partial charge is 0.486 e. The van der Waals surface area contributed by atoms with Gasteiger partial charge in [0.25, 0.3) is 0 Å². The number of benzene rings is 1. The number of anilines is 1. The minimum absolute atomic E-state index is 0.502. The third-order valence-corrected chi connectivity index (χ3v) is 3.58. The van der Waals surface area contributed by atoms with Crippen molar-refractivity contribution >= 4 is 5.69 Å². The SMILES string of the molecule is CC(O)c1cc2c(c(N3CCNCC3)c1)OCCO2. The van der Waals surface area contributed by atoms with Crippen molar-refractivity contribution in [2.45, 2.75) is 13.0 Å². The zero-order chi connectivity index (χ0) is 13.2. The Morgan fingerprint density at radius 3 is 2.68 bits per heavy atom. The lowest BCUT2D eigenvalue weighted by Gasteiger charge is -2.33. The molecule has 0 aromatic heterocycles. The van der Waals surface area contributed by atoms with E-state index >= 15 is 0 Å². The fourth-order valence-corrected chi connectivity index (χ4v) is 2.54. The van der Waals surface area contributed by atoms with Crippen LogP contribution in [0.15, 0.2) is 12.1 Å². The molecule has 1 atom stereocenters. The highest BCUT2D eigenvalue weighted by atomic mass is 16.6. The van der Waals surface area contributed by atoms with Crippen molar-refractivity contribution in [1.82, 2.24) is 5.32 Å². The second-order valence-electron chi connectivity index (χ2n) is 4.98.